The van der Waals surface area contributed by atoms with Crippen LogP contribution in [0.15, 0.2) is 97.1 Å². The number of nitrogens with one attached hydrogen (secondary N) is 2. The van der Waals surface area contributed by atoms with Gasteiger partial charge in [-0.05, 0) is 72.0 Å². The molecule has 4 aromatic carbocycles. The number of halogens is 1. The smallest absolute Gasteiger partial charge is 0.258 e. The molecule has 1 aliphatic rings. The third kappa shape index (κ3) is 4.28. The summed E-state index contributed by atoms with van der Waals surface area (Å²) in [7, 11) is 0. The van der Waals surface area contributed by atoms with Gasteiger partial charge in [-0.3, -0.25) is 9.59 Å². The van der Waals surface area contributed by atoms with Crippen molar-refractivity contribution >= 4 is 45.7 Å². The Balaban J connectivity index is 1.24. The number of anilines is 2. The average molecular weight is 506 g/mol. The Kier molecular flexibility index (Phi) is 5.99. The first-order valence-electron chi connectivity index (χ1n) is 12.3. The number of benzene rings is 4. The van der Waals surface area contributed by atoms with Gasteiger partial charge in [-0.2, -0.15) is 0 Å². The third-order valence-electron chi connectivity index (χ3n) is 6.84. The third-order valence-corrected chi connectivity index (χ3v) is 7.17. The first-order chi connectivity index (χ1) is 18.1. The van der Waals surface area contributed by atoms with Gasteiger partial charge in [0.15, 0.2) is 0 Å². The summed E-state index contributed by atoms with van der Waals surface area (Å²) in [5.74, 6) is -0.278. The van der Waals surface area contributed by atoms with E-state index in [2.05, 4.69) is 10.3 Å². The summed E-state index contributed by atoms with van der Waals surface area (Å²) in [6, 6.07) is 30.3. The van der Waals surface area contributed by atoms with E-state index < -0.39 is 0 Å². The summed E-state index contributed by atoms with van der Waals surface area (Å²) >= 11 is 6.44. The lowest BCUT2D eigenvalue weighted by molar-refractivity contribution is 0.0986. The van der Waals surface area contributed by atoms with E-state index in [1.54, 1.807) is 24.3 Å². The minimum absolute atomic E-state index is 0.0787. The zero-order valence-corrected chi connectivity index (χ0v) is 20.8. The molecule has 0 saturated carbocycles. The molecule has 0 spiro atoms. The highest BCUT2D eigenvalue weighted by Crippen LogP contribution is 2.38. The molecule has 5 nitrogen and oxygen atoms in total. The second-order valence-corrected chi connectivity index (χ2v) is 9.50. The van der Waals surface area contributed by atoms with Crippen LogP contribution in [0.3, 0.4) is 0 Å². The fraction of sp³-hybridized carbons (Fsp3) is 0.0968. The fourth-order valence-corrected chi connectivity index (χ4v) is 5.36. The lowest BCUT2D eigenvalue weighted by atomic mass is 9.99. The van der Waals surface area contributed by atoms with E-state index in [0.717, 1.165) is 46.1 Å². The lowest BCUT2D eigenvalue weighted by Gasteiger charge is -2.22. The molecule has 0 bridgehead atoms. The largest absolute Gasteiger partial charge is 0.345 e. The van der Waals surface area contributed by atoms with Crippen LogP contribution in [-0.4, -0.2) is 23.3 Å². The highest BCUT2D eigenvalue weighted by molar-refractivity contribution is 6.32. The summed E-state index contributed by atoms with van der Waals surface area (Å²) in [6.45, 7) is 0.609. The van der Waals surface area contributed by atoms with Crippen molar-refractivity contribution < 1.29 is 9.59 Å². The topological polar surface area (TPSA) is 65.2 Å². The molecular formula is C31H24ClN3O2. The van der Waals surface area contributed by atoms with Gasteiger partial charge < -0.3 is 15.2 Å². The van der Waals surface area contributed by atoms with Crippen molar-refractivity contribution in [2.45, 2.75) is 12.8 Å². The molecule has 0 aliphatic carbocycles. The minimum Gasteiger partial charge on any atom is -0.345 e. The number of amides is 2. The quantitative estimate of drug-likeness (QED) is 0.268. The van der Waals surface area contributed by atoms with Crippen LogP contribution in [0, 0.1) is 0 Å². The summed E-state index contributed by atoms with van der Waals surface area (Å²) in [5.41, 5.74) is 6.50. The number of aromatic amines is 1. The second-order valence-electron chi connectivity index (χ2n) is 9.12. The molecule has 1 aliphatic heterocycles. The Labute approximate surface area is 219 Å². The van der Waals surface area contributed by atoms with Crippen molar-refractivity contribution in [2.75, 3.05) is 16.8 Å². The Morgan fingerprint density at radius 2 is 1.59 bits per heavy atom. The number of hydrogen-bond donors (Lipinski definition) is 2. The van der Waals surface area contributed by atoms with Gasteiger partial charge in [-0.15, -0.1) is 0 Å². The molecule has 6 heteroatoms. The summed E-state index contributed by atoms with van der Waals surface area (Å²) in [6.07, 6.45) is 1.64. The van der Waals surface area contributed by atoms with Crippen LogP contribution in [0.25, 0.3) is 22.0 Å². The highest BCUT2D eigenvalue weighted by atomic mass is 35.5. The summed E-state index contributed by atoms with van der Waals surface area (Å²) in [5, 5.41) is 4.63. The number of aryl methyl sites for hydroxylation is 1. The molecule has 0 saturated heterocycles. The zero-order valence-electron chi connectivity index (χ0n) is 20.0. The number of carbonyl (C=O) groups is 2. The minimum atomic E-state index is -0.199. The monoisotopic (exact) mass is 505 g/mol. The first kappa shape index (κ1) is 23.1. The van der Waals surface area contributed by atoms with Crippen LogP contribution in [-0.2, 0) is 6.42 Å². The fourth-order valence-electron chi connectivity index (χ4n) is 5.07. The highest BCUT2D eigenvalue weighted by Gasteiger charge is 2.25. The van der Waals surface area contributed by atoms with Gasteiger partial charge in [0.25, 0.3) is 11.8 Å². The Morgan fingerprint density at radius 3 is 2.41 bits per heavy atom. The van der Waals surface area contributed by atoms with Crippen molar-refractivity contribution in [1.29, 1.82) is 0 Å². The van der Waals surface area contributed by atoms with E-state index in [-0.39, 0.29) is 11.8 Å². The number of hydrogen-bond acceptors (Lipinski definition) is 2. The Hall–Kier alpha value is -4.35. The molecule has 2 heterocycles. The first-order valence-corrected chi connectivity index (χ1v) is 12.6. The standard InChI is InChI=1S/C31H24ClN3O2/c32-29-25-12-7-19-35(27-14-6-13-26(34-29)28(25)27)31(37)21-15-17-22(18-16-21)33-30(36)24-11-5-4-10-23(24)20-8-2-1-3-9-20/h1-6,8-11,13-18,34H,7,12,19H2,(H,33,36). The van der Waals surface area contributed by atoms with Gasteiger partial charge in [0, 0.05) is 34.3 Å². The van der Waals surface area contributed by atoms with Crippen LogP contribution in [0.1, 0.15) is 32.7 Å². The molecule has 5 aromatic rings. The van der Waals surface area contributed by atoms with Gasteiger partial charge in [-0.25, -0.2) is 0 Å². The molecule has 182 valence electrons. The van der Waals surface area contributed by atoms with Crippen molar-refractivity contribution in [3.05, 3.63) is 119 Å². The number of aromatic nitrogens is 1. The Bertz CT molecular complexity index is 1620. The molecule has 0 fully saturated rings. The maximum absolute atomic E-state index is 13.6. The van der Waals surface area contributed by atoms with Crippen LogP contribution >= 0.6 is 11.6 Å². The van der Waals surface area contributed by atoms with E-state index in [1.165, 1.54) is 0 Å². The van der Waals surface area contributed by atoms with Gasteiger partial charge in [0.05, 0.1) is 5.69 Å². The zero-order chi connectivity index (χ0) is 25.4. The maximum atomic E-state index is 13.6. The molecular weight excluding hydrogens is 482 g/mol. The van der Waals surface area contributed by atoms with E-state index in [4.69, 9.17) is 11.6 Å². The predicted molar refractivity (Wildman–Crippen MR) is 150 cm³/mol. The predicted octanol–water partition coefficient (Wildman–Crippen LogP) is 7.33. The van der Waals surface area contributed by atoms with Crippen LogP contribution in [0.5, 0.6) is 0 Å². The normalized spacial score (nSPS) is 12.8. The van der Waals surface area contributed by atoms with E-state index in [0.29, 0.717) is 28.5 Å². The van der Waals surface area contributed by atoms with Gasteiger partial charge >= 0.3 is 0 Å². The van der Waals surface area contributed by atoms with E-state index in [9.17, 15) is 9.59 Å². The SMILES string of the molecule is O=C(Nc1ccc(C(=O)N2CCCc3c(Cl)[nH]c4cccc2c34)cc1)c1ccccc1-c1ccccc1. The number of nitrogens with zero attached hydrogens (tertiary/aromatic N) is 1. The van der Waals surface area contributed by atoms with E-state index in [1.807, 2.05) is 77.7 Å². The van der Waals surface area contributed by atoms with Crippen molar-refractivity contribution in [3.8, 4) is 11.1 Å². The number of carbonyl (C=O) groups excluding carboxylic acids is 2. The molecule has 0 atom stereocenters. The second kappa shape index (κ2) is 9.60. The molecule has 6 rings (SSSR count). The number of rotatable bonds is 4. The van der Waals surface area contributed by atoms with Crippen LogP contribution < -0.4 is 10.2 Å². The van der Waals surface area contributed by atoms with Gasteiger partial charge in [0.2, 0.25) is 0 Å². The van der Waals surface area contributed by atoms with Gasteiger partial charge in [0.1, 0.15) is 5.15 Å². The Morgan fingerprint density at radius 1 is 0.838 bits per heavy atom. The van der Waals surface area contributed by atoms with E-state index >= 15 is 0 Å². The van der Waals surface area contributed by atoms with Crippen molar-refractivity contribution in [2.24, 2.45) is 0 Å². The van der Waals surface area contributed by atoms with Gasteiger partial charge in [-0.1, -0.05) is 66.2 Å². The molecule has 1 aromatic heterocycles. The summed E-state index contributed by atoms with van der Waals surface area (Å²) < 4.78 is 0. The molecule has 37 heavy (non-hydrogen) atoms. The molecule has 0 unspecified atom stereocenters. The van der Waals surface area contributed by atoms with Crippen LogP contribution in [0.2, 0.25) is 5.15 Å². The molecule has 2 amide bonds. The maximum Gasteiger partial charge on any atom is 0.258 e. The van der Waals surface area contributed by atoms with Crippen molar-refractivity contribution in [1.82, 2.24) is 4.98 Å². The molecule has 0 radical (unpaired) electrons. The van der Waals surface area contributed by atoms with Crippen LogP contribution in [0.4, 0.5) is 11.4 Å². The number of H-pyrrole nitrogens is 1. The summed E-state index contributed by atoms with van der Waals surface area (Å²) in [4.78, 5) is 31.8. The average Bonchev–Trinajstić information content (AvgIpc) is 3.13. The van der Waals surface area contributed by atoms with Crippen molar-refractivity contribution in [3.63, 3.8) is 0 Å². The lowest BCUT2D eigenvalue weighted by Crippen LogP contribution is -2.31. The molecule has 2 N–H and O–H groups in total.